The van der Waals surface area contributed by atoms with Crippen molar-refractivity contribution in [2.24, 2.45) is 0 Å². The fraction of sp³-hybridized carbons (Fsp3) is 0.889. The van der Waals surface area contributed by atoms with Gasteiger partial charge in [-0.3, -0.25) is 0 Å². The van der Waals surface area contributed by atoms with Crippen LogP contribution in [0.3, 0.4) is 0 Å². The lowest BCUT2D eigenvalue weighted by Gasteiger charge is -2.32. The van der Waals surface area contributed by atoms with E-state index in [4.69, 9.17) is 18.3 Å². The van der Waals surface area contributed by atoms with Crippen molar-refractivity contribution < 1.29 is 18.3 Å². The van der Waals surface area contributed by atoms with Crippen LogP contribution in [0.2, 0.25) is 30.2 Å². The Morgan fingerprint density at radius 2 is 1.62 bits per heavy atom. The van der Waals surface area contributed by atoms with Gasteiger partial charge in [0.2, 0.25) is 9.04 Å². The van der Waals surface area contributed by atoms with Crippen LogP contribution in [0.25, 0.3) is 0 Å². The fourth-order valence-electron chi connectivity index (χ4n) is 2.70. The number of rotatable bonds is 15. The number of hydrogen-bond donors (Lipinski definition) is 0. The van der Waals surface area contributed by atoms with Crippen LogP contribution in [-0.4, -0.2) is 43.3 Å². The van der Waals surface area contributed by atoms with Gasteiger partial charge in [0.25, 0.3) is 8.32 Å². The number of ether oxygens (including phenoxy) is 2. The third-order valence-electron chi connectivity index (χ3n) is 4.40. The molecule has 0 aromatic heterocycles. The van der Waals surface area contributed by atoms with E-state index in [9.17, 15) is 0 Å². The molecule has 0 bridgehead atoms. The predicted octanol–water partition coefficient (Wildman–Crippen LogP) is 5.34. The van der Waals surface area contributed by atoms with E-state index in [1.807, 2.05) is 20.1 Å². The minimum Gasteiger partial charge on any atom is -0.546 e. The van der Waals surface area contributed by atoms with Crippen molar-refractivity contribution in [2.75, 3.05) is 19.8 Å². The van der Waals surface area contributed by atoms with Gasteiger partial charge in [-0.05, 0) is 44.9 Å². The zero-order chi connectivity index (χ0) is 18.4. The fourth-order valence-corrected chi connectivity index (χ4v) is 7.02. The van der Waals surface area contributed by atoms with Gasteiger partial charge in [0.15, 0.2) is 0 Å². The molecule has 0 N–H and O–H groups in total. The average molecular weight is 376 g/mol. The van der Waals surface area contributed by atoms with Gasteiger partial charge < -0.3 is 18.3 Å². The smallest absolute Gasteiger partial charge is 0.252 e. The highest BCUT2D eigenvalue weighted by Gasteiger charge is 2.36. The molecule has 0 heterocycles. The molecular formula is C18H39O4Si2. The summed E-state index contributed by atoms with van der Waals surface area (Å²) in [6.45, 7) is 17.0. The summed E-state index contributed by atoms with van der Waals surface area (Å²) in [5.41, 5.74) is 0. The molecule has 0 aliphatic rings. The Bertz CT molecular complexity index is 329. The highest BCUT2D eigenvalue weighted by atomic mass is 28.4. The summed E-state index contributed by atoms with van der Waals surface area (Å²) in [6.07, 6.45) is 1.96. The van der Waals surface area contributed by atoms with E-state index < -0.39 is 17.4 Å². The lowest BCUT2D eigenvalue weighted by Crippen LogP contribution is -2.41. The zero-order valence-electron chi connectivity index (χ0n) is 16.9. The van der Waals surface area contributed by atoms with Crippen molar-refractivity contribution in [1.82, 2.24) is 0 Å². The van der Waals surface area contributed by atoms with Crippen molar-refractivity contribution in [2.45, 2.75) is 84.8 Å². The second kappa shape index (κ2) is 13.9. The molecule has 1 atom stereocenters. The molecule has 0 rings (SSSR count). The summed E-state index contributed by atoms with van der Waals surface area (Å²) < 4.78 is 23.9. The average Bonchev–Trinajstić information content (AvgIpc) is 2.59. The maximum atomic E-state index is 6.30. The van der Waals surface area contributed by atoms with Crippen LogP contribution in [0.5, 0.6) is 0 Å². The second-order valence-electron chi connectivity index (χ2n) is 6.01. The highest BCUT2D eigenvalue weighted by molar-refractivity contribution is 6.74. The van der Waals surface area contributed by atoms with Crippen LogP contribution in [0.15, 0.2) is 12.0 Å². The van der Waals surface area contributed by atoms with Gasteiger partial charge in [0.1, 0.15) is 12.0 Å². The normalized spacial score (nSPS) is 14.1. The molecule has 1 radical (unpaired) electrons. The van der Waals surface area contributed by atoms with E-state index in [1.54, 1.807) is 0 Å². The Morgan fingerprint density at radius 1 is 1.00 bits per heavy atom. The van der Waals surface area contributed by atoms with Crippen molar-refractivity contribution in [3.05, 3.63) is 12.0 Å². The van der Waals surface area contributed by atoms with Gasteiger partial charge in [0, 0.05) is 12.7 Å². The summed E-state index contributed by atoms with van der Waals surface area (Å²) in [6, 6.07) is 5.42. The Labute approximate surface area is 152 Å². The summed E-state index contributed by atoms with van der Waals surface area (Å²) in [5, 5.41) is 0. The third kappa shape index (κ3) is 9.25. The van der Waals surface area contributed by atoms with Gasteiger partial charge in [-0.25, -0.2) is 0 Å². The maximum Gasteiger partial charge on any atom is 0.252 e. The Kier molecular flexibility index (Phi) is 13.7. The SMILES string of the molecule is CCOC(C)=CO[Si](CC)(CC)CC(CO[Si](CC)CC)OCC. The van der Waals surface area contributed by atoms with Crippen molar-refractivity contribution in [3.63, 3.8) is 0 Å². The molecule has 0 fully saturated rings. The standard InChI is InChI=1S/C18H39O4Si2/c1-8-19-17(7)14-22-24(12-5,13-6)16-18(20-9-2)15-21-23(10-3)11-4/h14,18H,8-13,15-16H2,1-7H3. The first-order chi connectivity index (χ1) is 11.5. The van der Waals surface area contributed by atoms with Crippen LogP contribution >= 0.6 is 0 Å². The Balaban J connectivity index is 4.88. The molecule has 0 aromatic rings. The van der Waals surface area contributed by atoms with E-state index in [0.29, 0.717) is 13.2 Å². The minimum absolute atomic E-state index is 0.139. The first-order valence-corrected chi connectivity index (χ1v) is 13.9. The van der Waals surface area contributed by atoms with Crippen molar-refractivity contribution in [3.8, 4) is 0 Å². The molecule has 0 amide bonds. The molecule has 0 aliphatic carbocycles. The highest BCUT2D eigenvalue weighted by Crippen LogP contribution is 2.26. The molecule has 4 nitrogen and oxygen atoms in total. The quantitative estimate of drug-likeness (QED) is 0.286. The van der Waals surface area contributed by atoms with E-state index >= 15 is 0 Å². The van der Waals surface area contributed by atoms with Crippen molar-refractivity contribution in [1.29, 1.82) is 0 Å². The molecule has 0 aromatic carbocycles. The topological polar surface area (TPSA) is 36.9 Å². The van der Waals surface area contributed by atoms with Gasteiger partial charge in [-0.2, -0.15) is 0 Å². The Morgan fingerprint density at radius 3 is 2.08 bits per heavy atom. The van der Waals surface area contributed by atoms with Crippen LogP contribution in [0, 0.1) is 0 Å². The van der Waals surface area contributed by atoms with Crippen LogP contribution < -0.4 is 0 Å². The second-order valence-corrected chi connectivity index (χ2v) is 13.2. The predicted molar refractivity (Wildman–Crippen MR) is 106 cm³/mol. The molecule has 24 heavy (non-hydrogen) atoms. The third-order valence-corrected chi connectivity index (χ3v) is 10.9. The molecular weight excluding hydrogens is 336 g/mol. The van der Waals surface area contributed by atoms with Gasteiger partial charge in [-0.1, -0.05) is 27.7 Å². The van der Waals surface area contributed by atoms with Crippen LogP contribution in [0.1, 0.15) is 48.5 Å². The largest absolute Gasteiger partial charge is 0.546 e. The first-order valence-electron chi connectivity index (χ1n) is 9.57. The van der Waals surface area contributed by atoms with E-state index in [2.05, 4.69) is 34.6 Å². The first kappa shape index (κ1) is 23.7. The van der Waals surface area contributed by atoms with E-state index in [-0.39, 0.29) is 6.10 Å². The van der Waals surface area contributed by atoms with E-state index in [0.717, 1.165) is 42.6 Å². The minimum atomic E-state index is -1.88. The number of hydrogen-bond acceptors (Lipinski definition) is 4. The molecule has 0 saturated heterocycles. The molecule has 143 valence electrons. The summed E-state index contributed by atoms with van der Waals surface area (Å²) >= 11 is 0. The zero-order valence-corrected chi connectivity index (χ0v) is 18.9. The molecule has 0 aliphatic heterocycles. The molecule has 0 spiro atoms. The van der Waals surface area contributed by atoms with Gasteiger partial charge in [0.05, 0.1) is 19.3 Å². The van der Waals surface area contributed by atoms with Crippen LogP contribution in [0.4, 0.5) is 0 Å². The maximum absolute atomic E-state index is 6.30. The van der Waals surface area contributed by atoms with Crippen LogP contribution in [-0.2, 0) is 18.3 Å². The van der Waals surface area contributed by atoms with Crippen molar-refractivity contribution >= 4 is 17.4 Å². The Hall–Kier alpha value is -0.306. The summed E-state index contributed by atoms with van der Waals surface area (Å²) in [5.74, 6) is 0.850. The molecule has 1 unspecified atom stereocenters. The lowest BCUT2D eigenvalue weighted by molar-refractivity contribution is 0.0362. The lowest BCUT2D eigenvalue weighted by atomic mass is 10.4. The summed E-state index contributed by atoms with van der Waals surface area (Å²) in [4.78, 5) is 0. The van der Waals surface area contributed by atoms with Gasteiger partial charge >= 0.3 is 0 Å². The monoisotopic (exact) mass is 375 g/mol. The summed E-state index contributed by atoms with van der Waals surface area (Å²) in [7, 11) is -2.55. The molecule has 6 heteroatoms. The van der Waals surface area contributed by atoms with E-state index in [1.165, 1.54) is 0 Å². The number of allylic oxidation sites excluding steroid dienone is 1. The van der Waals surface area contributed by atoms with Gasteiger partial charge in [-0.15, -0.1) is 0 Å². The molecule has 0 saturated carbocycles.